The number of nitrogens with zero attached hydrogens (tertiary/aromatic N) is 1. The van der Waals surface area contributed by atoms with Crippen molar-refractivity contribution in [2.24, 2.45) is 5.16 Å². The Hall–Kier alpha value is -1.09. The second-order valence-electron chi connectivity index (χ2n) is 1.91. The smallest absolute Gasteiger partial charge is 0.132 e. The van der Waals surface area contributed by atoms with Crippen LogP contribution in [0.15, 0.2) is 23.4 Å². The van der Waals surface area contributed by atoms with Gasteiger partial charge in [0.15, 0.2) is 0 Å². The van der Waals surface area contributed by atoms with Crippen LogP contribution in [0.2, 0.25) is 5.02 Å². The van der Waals surface area contributed by atoms with Crippen molar-refractivity contribution in [3.63, 3.8) is 0 Å². The van der Waals surface area contributed by atoms with Gasteiger partial charge >= 0.3 is 0 Å². The van der Waals surface area contributed by atoms with Crippen LogP contribution in [0.4, 0.5) is 4.39 Å². The molecular weight excluding hydrogens is 169 g/mol. The van der Waals surface area contributed by atoms with Crippen molar-refractivity contribution in [1.29, 1.82) is 0 Å². The molecule has 11 heavy (non-hydrogen) atoms. The van der Waals surface area contributed by atoms with Gasteiger partial charge in [-0.05, 0) is 18.2 Å². The average molecular weight is 174 g/mol. The van der Waals surface area contributed by atoms with E-state index in [0.29, 0.717) is 5.02 Å². The van der Waals surface area contributed by atoms with Crippen molar-refractivity contribution in [2.75, 3.05) is 0 Å². The molecule has 2 nitrogen and oxygen atoms in total. The molecule has 0 bridgehead atoms. The zero-order valence-electron chi connectivity index (χ0n) is 5.46. The number of hydrogen-bond acceptors (Lipinski definition) is 2. The van der Waals surface area contributed by atoms with E-state index in [1.165, 1.54) is 18.2 Å². The molecule has 0 aromatic heterocycles. The summed E-state index contributed by atoms with van der Waals surface area (Å²) in [6.07, 6.45) is 0.987. The fourth-order valence-corrected chi connectivity index (χ4v) is 0.856. The van der Waals surface area contributed by atoms with Crippen LogP contribution in [-0.2, 0) is 0 Å². The number of benzene rings is 1. The Morgan fingerprint density at radius 1 is 1.55 bits per heavy atom. The molecule has 0 spiro atoms. The largest absolute Gasteiger partial charge is 0.411 e. The quantitative estimate of drug-likeness (QED) is 0.395. The molecule has 0 aliphatic carbocycles. The molecule has 0 saturated carbocycles. The topological polar surface area (TPSA) is 32.6 Å². The molecule has 0 unspecified atom stereocenters. The van der Waals surface area contributed by atoms with E-state index in [1.807, 2.05) is 0 Å². The van der Waals surface area contributed by atoms with Gasteiger partial charge in [0, 0.05) is 10.6 Å². The third kappa shape index (κ3) is 1.91. The van der Waals surface area contributed by atoms with Gasteiger partial charge in [-0.15, -0.1) is 0 Å². The Morgan fingerprint density at radius 2 is 2.27 bits per heavy atom. The minimum Gasteiger partial charge on any atom is -0.411 e. The Balaban J connectivity index is 3.12. The molecule has 0 fully saturated rings. The van der Waals surface area contributed by atoms with Gasteiger partial charge < -0.3 is 5.21 Å². The molecule has 0 aliphatic heterocycles. The molecule has 0 amide bonds. The van der Waals surface area contributed by atoms with Crippen LogP contribution < -0.4 is 0 Å². The summed E-state index contributed by atoms with van der Waals surface area (Å²) >= 11 is 5.54. The lowest BCUT2D eigenvalue weighted by atomic mass is 10.2. The number of halogens is 2. The van der Waals surface area contributed by atoms with Gasteiger partial charge in [0.05, 0.1) is 6.21 Å². The fourth-order valence-electron chi connectivity index (χ4n) is 0.676. The van der Waals surface area contributed by atoms with Crippen molar-refractivity contribution in [1.82, 2.24) is 0 Å². The zero-order valence-corrected chi connectivity index (χ0v) is 6.22. The molecule has 58 valence electrons. The van der Waals surface area contributed by atoms with E-state index in [-0.39, 0.29) is 5.56 Å². The van der Waals surface area contributed by atoms with Gasteiger partial charge in [-0.3, -0.25) is 0 Å². The Kier molecular flexibility index (Phi) is 2.44. The Labute approximate surface area is 67.9 Å². The van der Waals surface area contributed by atoms with Gasteiger partial charge in [-0.2, -0.15) is 0 Å². The maximum atomic E-state index is 12.7. The second-order valence-corrected chi connectivity index (χ2v) is 2.35. The third-order valence-electron chi connectivity index (χ3n) is 1.15. The van der Waals surface area contributed by atoms with E-state index in [4.69, 9.17) is 16.8 Å². The normalized spacial score (nSPS) is 10.7. The summed E-state index contributed by atoms with van der Waals surface area (Å²) in [4.78, 5) is 0. The van der Waals surface area contributed by atoms with Crippen molar-refractivity contribution < 1.29 is 9.60 Å². The molecule has 0 saturated heterocycles. The lowest BCUT2D eigenvalue weighted by molar-refractivity contribution is 0.321. The standard InChI is InChI=1S/C7H5ClFNO/c8-6-1-2-7(9)5(3-6)4-10-11/h1-4,11H/b10-4-. The van der Waals surface area contributed by atoms with Crippen LogP contribution in [0, 0.1) is 5.82 Å². The van der Waals surface area contributed by atoms with Crippen LogP contribution in [0.1, 0.15) is 5.56 Å². The first-order valence-electron chi connectivity index (χ1n) is 2.86. The van der Waals surface area contributed by atoms with E-state index in [0.717, 1.165) is 6.21 Å². The summed E-state index contributed by atoms with van der Waals surface area (Å²) < 4.78 is 12.7. The average Bonchev–Trinajstić information content (AvgIpc) is 1.98. The van der Waals surface area contributed by atoms with Crippen LogP contribution >= 0.6 is 11.6 Å². The molecule has 0 atom stereocenters. The lowest BCUT2D eigenvalue weighted by Gasteiger charge is -1.94. The monoisotopic (exact) mass is 173 g/mol. The van der Waals surface area contributed by atoms with Gasteiger partial charge in [0.2, 0.25) is 0 Å². The maximum Gasteiger partial charge on any atom is 0.132 e. The van der Waals surface area contributed by atoms with Crippen molar-refractivity contribution in [2.45, 2.75) is 0 Å². The van der Waals surface area contributed by atoms with Crippen LogP contribution in [0.5, 0.6) is 0 Å². The van der Waals surface area contributed by atoms with Crippen LogP contribution in [0.3, 0.4) is 0 Å². The summed E-state index contributed by atoms with van der Waals surface area (Å²) in [5, 5.41) is 11.2. The van der Waals surface area contributed by atoms with Crippen LogP contribution in [0.25, 0.3) is 0 Å². The summed E-state index contributed by atoms with van der Waals surface area (Å²) in [5.74, 6) is -0.466. The highest BCUT2D eigenvalue weighted by Crippen LogP contribution is 2.12. The molecule has 1 rings (SSSR count). The Morgan fingerprint density at radius 3 is 2.91 bits per heavy atom. The SMILES string of the molecule is O/N=C\c1cc(Cl)ccc1F. The molecule has 1 aromatic carbocycles. The van der Waals surface area contributed by atoms with E-state index >= 15 is 0 Å². The minimum absolute atomic E-state index is 0.167. The summed E-state index contributed by atoms with van der Waals surface area (Å²) in [6.45, 7) is 0. The van der Waals surface area contributed by atoms with E-state index < -0.39 is 5.82 Å². The first-order valence-corrected chi connectivity index (χ1v) is 3.24. The highest BCUT2D eigenvalue weighted by atomic mass is 35.5. The summed E-state index contributed by atoms with van der Waals surface area (Å²) in [5.41, 5.74) is 0.167. The number of rotatable bonds is 1. The predicted molar refractivity (Wildman–Crippen MR) is 40.8 cm³/mol. The number of hydrogen-bond donors (Lipinski definition) is 1. The zero-order chi connectivity index (χ0) is 8.27. The van der Waals surface area contributed by atoms with Gasteiger partial charge in [-0.1, -0.05) is 16.8 Å². The second kappa shape index (κ2) is 3.34. The summed E-state index contributed by atoms with van der Waals surface area (Å²) in [6, 6.07) is 4.00. The molecule has 0 heterocycles. The van der Waals surface area contributed by atoms with Gasteiger partial charge in [0.1, 0.15) is 5.82 Å². The van der Waals surface area contributed by atoms with Crippen molar-refractivity contribution >= 4 is 17.8 Å². The Bertz CT molecular complexity index is 288. The van der Waals surface area contributed by atoms with E-state index in [1.54, 1.807) is 0 Å². The molecule has 4 heteroatoms. The number of oxime groups is 1. The van der Waals surface area contributed by atoms with Gasteiger partial charge in [-0.25, -0.2) is 4.39 Å². The lowest BCUT2D eigenvalue weighted by Crippen LogP contribution is -1.86. The first kappa shape index (κ1) is 8.01. The maximum absolute atomic E-state index is 12.7. The fraction of sp³-hybridized carbons (Fsp3) is 0. The predicted octanol–water partition coefficient (Wildman–Crippen LogP) is 2.29. The molecule has 0 radical (unpaired) electrons. The van der Waals surface area contributed by atoms with E-state index in [2.05, 4.69) is 5.16 Å². The molecule has 0 aliphatic rings. The molecule has 1 N–H and O–H groups in total. The van der Waals surface area contributed by atoms with Crippen LogP contribution in [-0.4, -0.2) is 11.4 Å². The third-order valence-corrected chi connectivity index (χ3v) is 1.39. The van der Waals surface area contributed by atoms with Crippen molar-refractivity contribution in [3.8, 4) is 0 Å². The van der Waals surface area contributed by atoms with E-state index in [9.17, 15) is 4.39 Å². The summed E-state index contributed by atoms with van der Waals surface area (Å²) in [7, 11) is 0. The molecule has 1 aromatic rings. The van der Waals surface area contributed by atoms with Gasteiger partial charge in [0.25, 0.3) is 0 Å². The molecular formula is C7H5ClFNO. The first-order chi connectivity index (χ1) is 5.24. The highest BCUT2D eigenvalue weighted by Gasteiger charge is 1.98. The van der Waals surface area contributed by atoms with Crippen molar-refractivity contribution in [3.05, 3.63) is 34.6 Å². The highest BCUT2D eigenvalue weighted by molar-refractivity contribution is 6.30. The minimum atomic E-state index is -0.466.